The molecule has 2 unspecified atom stereocenters. The lowest BCUT2D eigenvalue weighted by molar-refractivity contribution is 0.583. The molecule has 1 aromatic rings. The Hall–Kier alpha value is -0.740. The molecule has 0 saturated carbocycles. The molecule has 1 fully saturated rings. The van der Waals surface area contributed by atoms with Gasteiger partial charge in [-0.3, -0.25) is 4.98 Å². The molecular formula is C15H25N3S. The molecule has 1 N–H and O–H groups in total. The fourth-order valence-corrected chi connectivity index (χ4v) is 3.63. The monoisotopic (exact) mass is 279 g/mol. The molecule has 2 atom stereocenters. The molecule has 1 aromatic heterocycles. The van der Waals surface area contributed by atoms with Gasteiger partial charge in [0.15, 0.2) is 0 Å². The summed E-state index contributed by atoms with van der Waals surface area (Å²) in [5, 5.41) is 4.17. The highest BCUT2D eigenvalue weighted by Crippen LogP contribution is 2.25. The van der Waals surface area contributed by atoms with Crippen molar-refractivity contribution in [1.82, 2.24) is 10.3 Å². The van der Waals surface area contributed by atoms with Gasteiger partial charge in [-0.05, 0) is 32.0 Å². The summed E-state index contributed by atoms with van der Waals surface area (Å²) < 4.78 is 0. The number of hydrogen-bond donors (Lipinski definition) is 1. The number of hydrogen-bond acceptors (Lipinski definition) is 4. The number of nitrogens with zero attached hydrogens (tertiary/aromatic N) is 2. The third-order valence-corrected chi connectivity index (χ3v) is 5.06. The van der Waals surface area contributed by atoms with Crippen molar-refractivity contribution in [3.8, 4) is 0 Å². The molecule has 2 rings (SSSR count). The highest BCUT2D eigenvalue weighted by molar-refractivity contribution is 8.00. The zero-order valence-corrected chi connectivity index (χ0v) is 13.0. The number of pyridine rings is 1. The molecule has 0 radical (unpaired) electrons. The Bertz CT molecular complexity index is 379. The van der Waals surface area contributed by atoms with E-state index in [0.717, 1.165) is 30.6 Å². The van der Waals surface area contributed by atoms with E-state index in [9.17, 15) is 0 Å². The summed E-state index contributed by atoms with van der Waals surface area (Å²) in [6.07, 6.45) is 3.29. The number of aromatic nitrogens is 1. The van der Waals surface area contributed by atoms with Crippen LogP contribution in [0.25, 0.3) is 0 Å². The zero-order valence-electron chi connectivity index (χ0n) is 12.2. The van der Waals surface area contributed by atoms with E-state index in [1.165, 1.54) is 17.9 Å². The van der Waals surface area contributed by atoms with Crippen molar-refractivity contribution < 1.29 is 0 Å². The minimum absolute atomic E-state index is 0.333. The van der Waals surface area contributed by atoms with Crippen LogP contribution in [0.3, 0.4) is 0 Å². The molecule has 1 aliphatic rings. The van der Waals surface area contributed by atoms with Crippen molar-refractivity contribution >= 4 is 17.4 Å². The Morgan fingerprint density at radius 2 is 2.32 bits per heavy atom. The third kappa shape index (κ3) is 3.86. The van der Waals surface area contributed by atoms with Crippen molar-refractivity contribution in [2.24, 2.45) is 0 Å². The van der Waals surface area contributed by atoms with Crippen molar-refractivity contribution in [1.29, 1.82) is 0 Å². The Morgan fingerprint density at radius 3 is 2.95 bits per heavy atom. The molecule has 2 heterocycles. The third-order valence-electron chi connectivity index (χ3n) is 3.68. The highest BCUT2D eigenvalue weighted by Gasteiger charge is 2.19. The number of nitrogens with one attached hydrogen (secondary N) is 1. The lowest BCUT2D eigenvalue weighted by atomic mass is 10.2. The second kappa shape index (κ2) is 7.15. The van der Waals surface area contributed by atoms with Gasteiger partial charge in [-0.25, -0.2) is 0 Å². The predicted octanol–water partition coefficient (Wildman–Crippen LogP) is 3.08. The van der Waals surface area contributed by atoms with Gasteiger partial charge in [-0.2, -0.15) is 11.8 Å². The molecule has 19 heavy (non-hydrogen) atoms. The molecule has 0 spiro atoms. The SMILES string of the molecule is CCNC(C)c1ccc(N2CCSC(CC)C2)cn1. The first-order valence-electron chi connectivity index (χ1n) is 7.30. The van der Waals surface area contributed by atoms with Crippen LogP contribution in [0.15, 0.2) is 18.3 Å². The van der Waals surface area contributed by atoms with Crippen LogP contribution < -0.4 is 10.2 Å². The fraction of sp³-hybridized carbons (Fsp3) is 0.667. The summed E-state index contributed by atoms with van der Waals surface area (Å²) in [6.45, 7) is 9.85. The summed E-state index contributed by atoms with van der Waals surface area (Å²) in [5.41, 5.74) is 2.40. The average molecular weight is 279 g/mol. The Morgan fingerprint density at radius 1 is 1.47 bits per heavy atom. The van der Waals surface area contributed by atoms with Crippen LogP contribution in [0.1, 0.15) is 38.9 Å². The fourth-order valence-electron chi connectivity index (χ4n) is 2.45. The van der Waals surface area contributed by atoms with Crippen LogP contribution >= 0.6 is 11.8 Å². The molecule has 106 valence electrons. The van der Waals surface area contributed by atoms with Crippen LogP contribution in [0.2, 0.25) is 0 Å². The molecular weight excluding hydrogens is 254 g/mol. The first-order valence-corrected chi connectivity index (χ1v) is 8.35. The second-order valence-corrected chi connectivity index (χ2v) is 6.48. The van der Waals surface area contributed by atoms with Gasteiger partial charge in [0, 0.05) is 30.1 Å². The summed E-state index contributed by atoms with van der Waals surface area (Å²) in [6, 6.07) is 4.71. The maximum absolute atomic E-state index is 4.61. The van der Waals surface area contributed by atoms with Gasteiger partial charge in [0.2, 0.25) is 0 Å². The molecule has 1 saturated heterocycles. The quantitative estimate of drug-likeness (QED) is 0.896. The van der Waals surface area contributed by atoms with Gasteiger partial charge >= 0.3 is 0 Å². The minimum Gasteiger partial charge on any atom is -0.368 e. The van der Waals surface area contributed by atoms with Crippen molar-refractivity contribution in [2.45, 2.75) is 38.5 Å². The van der Waals surface area contributed by atoms with Gasteiger partial charge in [0.1, 0.15) is 0 Å². The van der Waals surface area contributed by atoms with Crippen LogP contribution in [-0.2, 0) is 0 Å². The van der Waals surface area contributed by atoms with E-state index >= 15 is 0 Å². The maximum Gasteiger partial charge on any atom is 0.0572 e. The molecule has 1 aliphatic heterocycles. The van der Waals surface area contributed by atoms with E-state index in [2.05, 4.69) is 59.9 Å². The summed E-state index contributed by atoms with van der Waals surface area (Å²) >= 11 is 2.10. The summed E-state index contributed by atoms with van der Waals surface area (Å²) in [7, 11) is 0. The van der Waals surface area contributed by atoms with E-state index in [-0.39, 0.29) is 0 Å². The lowest BCUT2D eigenvalue weighted by Crippen LogP contribution is -2.37. The largest absolute Gasteiger partial charge is 0.368 e. The van der Waals surface area contributed by atoms with E-state index < -0.39 is 0 Å². The molecule has 0 amide bonds. The van der Waals surface area contributed by atoms with Crippen LogP contribution in [0.5, 0.6) is 0 Å². The Labute approximate surface area is 121 Å². The minimum atomic E-state index is 0.333. The first kappa shape index (κ1) is 14.7. The molecule has 3 nitrogen and oxygen atoms in total. The number of anilines is 1. The molecule has 0 bridgehead atoms. The van der Waals surface area contributed by atoms with E-state index in [1.54, 1.807) is 0 Å². The number of rotatable bonds is 5. The molecule has 0 aliphatic carbocycles. The average Bonchev–Trinajstić information content (AvgIpc) is 2.48. The molecule has 4 heteroatoms. The Kier molecular flexibility index (Phi) is 5.52. The van der Waals surface area contributed by atoms with Crippen LogP contribution in [-0.4, -0.2) is 35.6 Å². The smallest absolute Gasteiger partial charge is 0.0572 e. The topological polar surface area (TPSA) is 28.2 Å². The first-order chi connectivity index (χ1) is 9.24. The standard InChI is InChI=1S/C15H25N3S/c1-4-14-11-18(8-9-19-14)13-6-7-15(17-10-13)12(3)16-5-2/h6-7,10,12,14,16H,4-5,8-9,11H2,1-3H3. The zero-order chi connectivity index (χ0) is 13.7. The predicted molar refractivity (Wildman–Crippen MR) is 85.1 cm³/mol. The summed E-state index contributed by atoms with van der Waals surface area (Å²) in [4.78, 5) is 7.08. The second-order valence-electron chi connectivity index (χ2n) is 5.07. The van der Waals surface area contributed by atoms with Gasteiger partial charge in [-0.15, -0.1) is 0 Å². The normalized spacial score (nSPS) is 21.4. The highest BCUT2D eigenvalue weighted by atomic mass is 32.2. The Balaban J connectivity index is 2.01. The van der Waals surface area contributed by atoms with E-state index in [4.69, 9.17) is 0 Å². The molecule has 0 aromatic carbocycles. The number of thioether (sulfide) groups is 1. The van der Waals surface area contributed by atoms with Gasteiger partial charge in [-0.1, -0.05) is 13.8 Å². The van der Waals surface area contributed by atoms with Crippen LogP contribution in [0.4, 0.5) is 5.69 Å². The maximum atomic E-state index is 4.61. The van der Waals surface area contributed by atoms with E-state index in [0.29, 0.717) is 6.04 Å². The van der Waals surface area contributed by atoms with Crippen molar-refractivity contribution in [3.05, 3.63) is 24.0 Å². The van der Waals surface area contributed by atoms with E-state index in [1.807, 2.05) is 6.20 Å². The van der Waals surface area contributed by atoms with Gasteiger partial charge in [0.05, 0.1) is 17.6 Å². The lowest BCUT2D eigenvalue weighted by Gasteiger charge is -2.33. The van der Waals surface area contributed by atoms with Crippen molar-refractivity contribution in [3.63, 3.8) is 0 Å². The summed E-state index contributed by atoms with van der Waals surface area (Å²) in [5.74, 6) is 1.23. The van der Waals surface area contributed by atoms with Gasteiger partial charge < -0.3 is 10.2 Å². The van der Waals surface area contributed by atoms with Crippen molar-refractivity contribution in [2.75, 3.05) is 30.3 Å². The van der Waals surface area contributed by atoms with Gasteiger partial charge in [0.25, 0.3) is 0 Å². The van der Waals surface area contributed by atoms with Crippen LogP contribution in [0, 0.1) is 0 Å².